The van der Waals surface area contributed by atoms with Gasteiger partial charge in [-0.25, -0.2) is 0 Å². The standard InChI is InChI=1S/C16H27NO2/c1-13(2)10-11-18-15-8-6-14(7-9-15)12-17-19-16(3,4)5/h6-9,13,17H,10-12H2,1-5H3. The van der Waals surface area contributed by atoms with Gasteiger partial charge in [0.15, 0.2) is 0 Å². The van der Waals surface area contributed by atoms with Gasteiger partial charge in [0.2, 0.25) is 0 Å². The van der Waals surface area contributed by atoms with Gasteiger partial charge in [-0.2, -0.15) is 5.48 Å². The van der Waals surface area contributed by atoms with E-state index >= 15 is 0 Å². The van der Waals surface area contributed by atoms with E-state index < -0.39 is 0 Å². The van der Waals surface area contributed by atoms with Gasteiger partial charge in [0.05, 0.1) is 12.2 Å². The van der Waals surface area contributed by atoms with Crippen molar-refractivity contribution < 1.29 is 9.57 Å². The van der Waals surface area contributed by atoms with Gasteiger partial charge in [-0.3, -0.25) is 4.84 Å². The molecule has 0 atom stereocenters. The molecule has 0 unspecified atom stereocenters. The largest absolute Gasteiger partial charge is 0.494 e. The zero-order valence-electron chi connectivity index (χ0n) is 12.8. The molecule has 1 aromatic carbocycles. The molecule has 0 heterocycles. The van der Waals surface area contributed by atoms with Crippen LogP contribution >= 0.6 is 0 Å². The molecule has 0 spiro atoms. The number of rotatable bonds is 7. The van der Waals surface area contributed by atoms with Crippen LogP contribution in [0.3, 0.4) is 0 Å². The Labute approximate surface area is 117 Å². The summed E-state index contributed by atoms with van der Waals surface area (Å²) >= 11 is 0. The highest BCUT2D eigenvalue weighted by Crippen LogP contribution is 2.13. The monoisotopic (exact) mass is 265 g/mol. The maximum absolute atomic E-state index is 5.68. The number of benzene rings is 1. The summed E-state index contributed by atoms with van der Waals surface area (Å²) in [7, 11) is 0. The second kappa shape index (κ2) is 7.51. The first-order valence-electron chi connectivity index (χ1n) is 6.99. The van der Waals surface area contributed by atoms with Crippen LogP contribution in [-0.2, 0) is 11.4 Å². The Hall–Kier alpha value is -1.06. The predicted molar refractivity (Wildman–Crippen MR) is 79.1 cm³/mol. The first kappa shape index (κ1) is 16.0. The van der Waals surface area contributed by atoms with Gasteiger partial charge in [-0.15, -0.1) is 0 Å². The van der Waals surface area contributed by atoms with E-state index in [-0.39, 0.29) is 5.60 Å². The molecule has 0 aromatic heterocycles. The molecule has 0 amide bonds. The van der Waals surface area contributed by atoms with E-state index in [1.807, 2.05) is 32.9 Å². The second-order valence-corrected chi connectivity index (χ2v) is 6.21. The summed E-state index contributed by atoms with van der Waals surface area (Å²) in [6.45, 7) is 11.9. The van der Waals surface area contributed by atoms with Gasteiger partial charge >= 0.3 is 0 Å². The third-order valence-electron chi connectivity index (χ3n) is 2.54. The maximum Gasteiger partial charge on any atom is 0.119 e. The molecule has 1 N–H and O–H groups in total. The summed E-state index contributed by atoms with van der Waals surface area (Å²) in [6.07, 6.45) is 1.09. The summed E-state index contributed by atoms with van der Waals surface area (Å²) in [6, 6.07) is 8.14. The molecular formula is C16H27NO2. The molecular weight excluding hydrogens is 238 g/mol. The van der Waals surface area contributed by atoms with Crippen LogP contribution in [0.25, 0.3) is 0 Å². The van der Waals surface area contributed by atoms with Crippen molar-refractivity contribution in [3.63, 3.8) is 0 Å². The van der Waals surface area contributed by atoms with Gasteiger partial charge in [-0.05, 0) is 50.8 Å². The van der Waals surface area contributed by atoms with Gasteiger partial charge in [0.1, 0.15) is 5.75 Å². The normalized spacial score (nSPS) is 11.9. The number of hydrogen-bond donors (Lipinski definition) is 1. The maximum atomic E-state index is 5.68. The first-order chi connectivity index (χ1) is 8.87. The molecule has 0 aliphatic rings. The first-order valence-corrected chi connectivity index (χ1v) is 6.99. The van der Waals surface area contributed by atoms with Crippen molar-refractivity contribution in [2.45, 2.75) is 53.2 Å². The average molecular weight is 265 g/mol. The number of hydrogen-bond acceptors (Lipinski definition) is 3. The molecule has 0 bridgehead atoms. The zero-order valence-corrected chi connectivity index (χ0v) is 12.8. The van der Waals surface area contributed by atoms with E-state index in [0.29, 0.717) is 12.5 Å². The molecule has 0 radical (unpaired) electrons. The Morgan fingerprint density at radius 1 is 1.11 bits per heavy atom. The molecule has 0 aliphatic heterocycles. The van der Waals surface area contributed by atoms with Crippen LogP contribution in [0.1, 0.15) is 46.6 Å². The van der Waals surface area contributed by atoms with Crippen LogP contribution in [-0.4, -0.2) is 12.2 Å². The molecule has 0 fully saturated rings. The van der Waals surface area contributed by atoms with Crippen molar-refractivity contribution in [3.8, 4) is 5.75 Å². The zero-order chi connectivity index (χ0) is 14.3. The fourth-order valence-electron chi connectivity index (χ4n) is 1.45. The van der Waals surface area contributed by atoms with Crippen LogP contribution in [0, 0.1) is 5.92 Å². The predicted octanol–water partition coefficient (Wildman–Crippen LogP) is 3.93. The molecule has 0 saturated heterocycles. The third kappa shape index (κ3) is 7.85. The van der Waals surface area contributed by atoms with E-state index in [0.717, 1.165) is 18.8 Å². The fourth-order valence-corrected chi connectivity index (χ4v) is 1.45. The Morgan fingerprint density at radius 3 is 2.26 bits per heavy atom. The van der Waals surface area contributed by atoms with E-state index in [4.69, 9.17) is 9.57 Å². The lowest BCUT2D eigenvalue weighted by atomic mass is 10.1. The van der Waals surface area contributed by atoms with Crippen LogP contribution in [0.15, 0.2) is 24.3 Å². The highest BCUT2D eigenvalue weighted by atomic mass is 16.7. The molecule has 3 heteroatoms. The summed E-state index contributed by atoms with van der Waals surface area (Å²) in [4.78, 5) is 5.47. The summed E-state index contributed by atoms with van der Waals surface area (Å²) in [5, 5.41) is 0. The highest BCUT2D eigenvalue weighted by molar-refractivity contribution is 5.27. The lowest BCUT2D eigenvalue weighted by Crippen LogP contribution is -2.28. The fraction of sp³-hybridized carbons (Fsp3) is 0.625. The van der Waals surface area contributed by atoms with Crippen molar-refractivity contribution in [1.82, 2.24) is 5.48 Å². The van der Waals surface area contributed by atoms with Crippen molar-refractivity contribution in [2.24, 2.45) is 5.92 Å². The van der Waals surface area contributed by atoms with Crippen LogP contribution in [0.2, 0.25) is 0 Å². The second-order valence-electron chi connectivity index (χ2n) is 6.21. The van der Waals surface area contributed by atoms with Crippen molar-refractivity contribution in [2.75, 3.05) is 6.61 Å². The molecule has 3 nitrogen and oxygen atoms in total. The van der Waals surface area contributed by atoms with E-state index in [2.05, 4.69) is 31.5 Å². The van der Waals surface area contributed by atoms with E-state index in [1.165, 1.54) is 5.56 Å². The molecule has 0 saturated carbocycles. The van der Waals surface area contributed by atoms with Gasteiger partial charge in [-0.1, -0.05) is 26.0 Å². The van der Waals surface area contributed by atoms with Crippen LogP contribution in [0.4, 0.5) is 0 Å². The minimum atomic E-state index is -0.167. The van der Waals surface area contributed by atoms with E-state index in [9.17, 15) is 0 Å². The average Bonchev–Trinajstić information content (AvgIpc) is 2.29. The lowest BCUT2D eigenvalue weighted by Gasteiger charge is -2.19. The van der Waals surface area contributed by atoms with Crippen LogP contribution < -0.4 is 10.2 Å². The Kier molecular flexibility index (Phi) is 6.32. The Bertz CT molecular complexity index is 352. The SMILES string of the molecule is CC(C)CCOc1ccc(CNOC(C)(C)C)cc1. The summed E-state index contributed by atoms with van der Waals surface area (Å²) in [5.41, 5.74) is 3.99. The smallest absolute Gasteiger partial charge is 0.119 e. The van der Waals surface area contributed by atoms with Crippen LogP contribution in [0.5, 0.6) is 5.75 Å². The number of ether oxygens (including phenoxy) is 1. The Morgan fingerprint density at radius 2 is 1.74 bits per heavy atom. The molecule has 108 valence electrons. The number of hydroxylamine groups is 1. The van der Waals surface area contributed by atoms with E-state index in [1.54, 1.807) is 0 Å². The molecule has 1 aromatic rings. The number of nitrogens with one attached hydrogen (secondary N) is 1. The minimum Gasteiger partial charge on any atom is -0.494 e. The van der Waals surface area contributed by atoms with Crippen molar-refractivity contribution in [1.29, 1.82) is 0 Å². The highest BCUT2D eigenvalue weighted by Gasteiger charge is 2.09. The minimum absolute atomic E-state index is 0.167. The third-order valence-corrected chi connectivity index (χ3v) is 2.54. The van der Waals surface area contributed by atoms with Gasteiger partial charge in [0.25, 0.3) is 0 Å². The summed E-state index contributed by atoms with van der Waals surface area (Å²) in [5.74, 6) is 1.61. The van der Waals surface area contributed by atoms with Crippen molar-refractivity contribution in [3.05, 3.63) is 29.8 Å². The van der Waals surface area contributed by atoms with Gasteiger partial charge < -0.3 is 4.74 Å². The quantitative estimate of drug-likeness (QED) is 0.758. The lowest BCUT2D eigenvalue weighted by molar-refractivity contribution is -0.0757. The molecule has 19 heavy (non-hydrogen) atoms. The summed E-state index contributed by atoms with van der Waals surface area (Å²) < 4.78 is 5.68. The molecule has 1 rings (SSSR count). The van der Waals surface area contributed by atoms with Crippen molar-refractivity contribution >= 4 is 0 Å². The molecule has 0 aliphatic carbocycles. The topological polar surface area (TPSA) is 30.5 Å². The Balaban J connectivity index is 2.31. The van der Waals surface area contributed by atoms with Gasteiger partial charge in [0, 0.05) is 6.54 Å².